The van der Waals surface area contributed by atoms with Crippen LogP contribution in [0.15, 0.2) is 79.0 Å². The molecule has 4 aromatic rings. The monoisotopic (exact) mass is 429 g/mol. The van der Waals surface area contributed by atoms with Crippen LogP contribution in [0.5, 0.6) is 0 Å². The maximum absolute atomic E-state index is 13.9. The molecule has 0 aliphatic rings. The van der Waals surface area contributed by atoms with Crippen LogP contribution in [0.2, 0.25) is 0 Å². The molecule has 0 spiro atoms. The molecule has 0 bridgehead atoms. The number of rotatable bonds is 5. The number of fused-ring (bicyclic) bond motifs is 1. The molecular formula is C24H19F4NO2. The van der Waals surface area contributed by atoms with Crippen LogP contribution in [0.1, 0.15) is 17.2 Å². The fraction of sp³-hybridized carbons (Fsp3) is 0.167. The smallest absolute Gasteiger partial charge is 0.394 e. The van der Waals surface area contributed by atoms with Crippen LogP contribution >= 0.6 is 0 Å². The average molecular weight is 429 g/mol. The predicted molar refractivity (Wildman–Crippen MR) is 110 cm³/mol. The number of aromatic nitrogens is 1. The number of hydrogen-bond acceptors (Lipinski definition) is 2. The van der Waals surface area contributed by atoms with Crippen molar-refractivity contribution < 1.29 is 27.8 Å². The van der Waals surface area contributed by atoms with Crippen LogP contribution in [0.3, 0.4) is 0 Å². The Morgan fingerprint density at radius 1 is 0.903 bits per heavy atom. The van der Waals surface area contributed by atoms with E-state index in [1.807, 2.05) is 0 Å². The summed E-state index contributed by atoms with van der Waals surface area (Å²) in [6.07, 6.45) is -4.10. The van der Waals surface area contributed by atoms with Gasteiger partial charge in [-0.25, -0.2) is 4.39 Å². The second kappa shape index (κ2) is 8.17. The van der Waals surface area contributed by atoms with E-state index in [4.69, 9.17) is 0 Å². The summed E-state index contributed by atoms with van der Waals surface area (Å²) >= 11 is 0. The minimum atomic E-state index is -4.48. The average Bonchev–Trinajstić information content (AvgIpc) is 3.13. The highest BCUT2D eigenvalue weighted by Gasteiger charge is 2.31. The van der Waals surface area contributed by atoms with E-state index in [0.29, 0.717) is 27.6 Å². The summed E-state index contributed by atoms with van der Waals surface area (Å²) in [5.41, 5.74) is 1.20. The van der Waals surface area contributed by atoms with Gasteiger partial charge in [-0.2, -0.15) is 13.2 Å². The Bertz CT molecular complexity index is 1220. The Hall–Kier alpha value is -3.16. The number of aliphatic hydroxyl groups excluding tert-OH is 2. The maximum atomic E-state index is 13.9. The normalized spacial score (nSPS) is 14.0. The number of halogens is 4. The molecule has 2 N–H and O–H groups in total. The van der Waals surface area contributed by atoms with Crippen molar-refractivity contribution in [2.24, 2.45) is 0 Å². The molecule has 0 unspecified atom stereocenters. The molecule has 4 rings (SSSR count). The van der Waals surface area contributed by atoms with Crippen molar-refractivity contribution in [2.75, 3.05) is 6.61 Å². The van der Waals surface area contributed by atoms with E-state index in [1.54, 1.807) is 47.2 Å². The van der Waals surface area contributed by atoms with Crippen LogP contribution in [-0.4, -0.2) is 27.5 Å². The molecule has 0 saturated heterocycles. The first-order valence-electron chi connectivity index (χ1n) is 9.61. The zero-order valence-electron chi connectivity index (χ0n) is 16.2. The third kappa shape index (κ3) is 4.06. The van der Waals surface area contributed by atoms with Crippen LogP contribution in [-0.2, 0) is 6.18 Å². The Balaban J connectivity index is 1.94. The molecule has 0 fully saturated rings. The van der Waals surface area contributed by atoms with Crippen molar-refractivity contribution in [3.05, 3.63) is 95.9 Å². The summed E-state index contributed by atoms with van der Waals surface area (Å²) in [6.45, 7) is -0.577. The lowest BCUT2D eigenvalue weighted by molar-refractivity contribution is -0.137. The third-order valence-electron chi connectivity index (χ3n) is 5.28. The lowest BCUT2D eigenvalue weighted by Gasteiger charge is -2.25. The Kier molecular flexibility index (Phi) is 5.56. The highest BCUT2D eigenvalue weighted by Crippen LogP contribution is 2.38. The van der Waals surface area contributed by atoms with Crippen LogP contribution in [0.25, 0.3) is 22.0 Å². The maximum Gasteiger partial charge on any atom is 0.416 e. The zero-order chi connectivity index (χ0) is 22.2. The van der Waals surface area contributed by atoms with Crippen molar-refractivity contribution in [3.8, 4) is 11.1 Å². The predicted octanol–water partition coefficient (Wildman–Crippen LogP) is 5.41. The van der Waals surface area contributed by atoms with Gasteiger partial charge in [-0.05, 0) is 41.5 Å². The van der Waals surface area contributed by atoms with Gasteiger partial charge in [0.1, 0.15) is 11.9 Å². The van der Waals surface area contributed by atoms with E-state index in [-0.39, 0.29) is 0 Å². The molecule has 3 aromatic carbocycles. The number of alkyl halides is 3. The molecule has 0 saturated carbocycles. The summed E-state index contributed by atoms with van der Waals surface area (Å²) in [4.78, 5) is 0. The number of aliphatic hydroxyl groups is 2. The van der Waals surface area contributed by atoms with Crippen molar-refractivity contribution >= 4 is 10.9 Å². The minimum Gasteiger partial charge on any atom is -0.394 e. The SMILES string of the molecule is OC[C@@H](O)[C@H](c1cccc(F)c1)n1cc(-c2cccc(C(F)(F)F)c2)c2ccccc21. The Labute approximate surface area is 175 Å². The largest absolute Gasteiger partial charge is 0.416 e. The first-order chi connectivity index (χ1) is 14.8. The summed E-state index contributed by atoms with van der Waals surface area (Å²) in [5, 5.41) is 20.9. The molecule has 3 nitrogen and oxygen atoms in total. The second-order valence-corrected chi connectivity index (χ2v) is 7.30. The first kappa shape index (κ1) is 21.1. The van der Waals surface area contributed by atoms with Crippen molar-refractivity contribution in [1.82, 2.24) is 4.57 Å². The highest BCUT2D eigenvalue weighted by molar-refractivity contribution is 5.96. The molecule has 0 radical (unpaired) electrons. The number of para-hydroxylation sites is 1. The lowest BCUT2D eigenvalue weighted by atomic mass is 10.0. The quantitative estimate of drug-likeness (QED) is 0.417. The number of benzene rings is 3. The van der Waals surface area contributed by atoms with Crippen molar-refractivity contribution in [2.45, 2.75) is 18.3 Å². The first-order valence-corrected chi connectivity index (χ1v) is 9.61. The van der Waals surface area contributed by atoms with Gasteiger partial charge in [0.2, 0.25) is 0 Å². The number of nitrogens with zero attached hydrogens (tertiary/aromatic N) is 1. The van der Waals surface area contributed by atoms with Crippen LogP contribution in [0, 0.1) is 5.82 Å². The fourth-order valence-corrected chi connectivity index (χ4v) is 3.89. The summed E-state index contributed by atoms with van der Waals surface area (Å²) in [6, 6.07) is 16.9. The highest BCUT2D eigenvalue weighted by atomic mass is 19.4. The van der Waals surface area contributed by atoms with E-state index in [1.165, 1.54) is 24.3 Å². The fourth-order valence-electron chi connectivity index (χ4n) is 3.89. The molecule has 1 heterocycles. The van der Waals surface area contributed by atoms with Gasteiger partial charge in [-0.1, -0.05) is 42.5 Å². The van der Waals surface area contributed by atoms with Gasteiger partial charge in [-0.15, -0.1) is 0 Å². The standard InChI is InChI=1S/C24H19F4NO2/c25-18-8-4-6-16(12-18)23(22(31)14-30)29-13-20(19-9-1-2-10-21(19)29)15-5-3-7-17(11-15)24(26,27)28/h1-13,22-23,30-31H,14H2/t22-,23+/m1/s1. The van der Waals surface area contributed by atoms with E-state index < -0.39 is 36.3 Å². The molecule has 0 amide bonds. The summed E-state index contributed by atoms with van der Waals surface area (Å²) in [5.74, 6) is -0.498. The molecule has 7 heteroatoms. The number of hydrogen-bond donors (Lipinski definition) is 2. The van der Waals surface area contributed by atoms with E-state index in [2.05, 4.69) is 0 Å². The molecule has 160 valence electrons. The van der Waals surface area contributed by atoms with Gasteiger partial charge < -0.3 is 14.8 Å². The van der Waals surface area contributed by atoms with Crippen LogP contribution in [0.4, 0.5) is 17.6 Å². The Morgan fingerprint density at radius 3 is 2.35 bits per heavy atom. The Morgan fingerprint density at radius 2 is 1.65 bits per heavy atom. The van der Waals surface area contributed by atoms with E-state index >= 15 is 0 Å². The molecule has 1 aromatic heterocycles. The van der Waals surface area contributed by atoms with Gasteiger partial charge in [0.25, 0.3) is 0 Å². The van der Waals surface area contributed by atoms with Gasteiger partial charge in [0.05, 0.1) is 18.2 Å². The van der Waals surface area contributed by atoms with Gasteiger partial charge in [-0.3, -0.25) is 0 Å². The van der Waals surface area contributed by atoms with Crippen LogP contribution < -0.4 is 0 Å². The molecular weight excluding hydrogens is 410 g/mol. The summed E-state index contributed by atoms with van der Waals surface area (Å²) < 4.78 is 55.3. The van der Waals surface area contributed by atoms with Gasteiger partial charge in [0, 0.05) is 22.7 Å². The molecule has 2 atom stereocenters. The van der Waals surface area contributed by atoms with Gasteiger partial charge >= 0.3 is 6.18 Å². The molecule has 31 heavy (non-hydrogen) atoms. The van der Waals surface area contributed by atoms with E-state index in [9.17, 15) is 27.8 Å². The third-order valence-corrected chi connectivity index (χ3v) is 5.28. The lowest BCUT2D eigenvalue weighted by Crippen LogP contribution is -2.28. The molecule has 0 aliphatic carbocycles. The van der Waals surface area contributed by atoms with Crippen molar-refractivity contribution in [1.29, 1.82) is 0 Å². The summed E-state index contributed by atoms with van der Waals surface area (Å²) in [7, 11) is 0. The molecule has 0 aliphatic heterocycles. The minimum absolute atomic E-state index is 0.362. The van der Waals surface area contributed by atoms with E-state index in [0.717, 1.165) is 12.1 Å². The topological polar surface area (TPSA) is 45.4 Å². The zero-order valence-corrected chi connectivity index (χ0v) is 16.2. The van der Waals surface area contributed by atoms with Gasteiger partial charge in [0.15, 0.2) is 0 Å². The van der Waals surface area contributed by atoms with Crippen molar-refractivity contribution in [3.63, 3.8) is 0 Å². The second-order valence-electron chi connectivity index (χ2n) is 7.30.